The van der Waals surface area contributed by atoms with Crippen LogP contribution in [0.1, 0.15) is 77.0 Å². The Morgan fingerprint density at radius 3 is 2.24 bits per heavy atom. The molecule has 2 heterocycles. The van der Waals surface area contributed by atoms with Crippen molar-refractivity contribution in [2.75, 3.05) is 0 Å². The lowest BCUT2D eigenvalue weighted by atomic mass is 10.0. The minimum Gasteiger partial charge on any atom is -0.0808 e. The van der Waals surface area contributed by atoms with Crippen molar-refractivity contribution in [1.82, 2.24) is 0 Å². The Morgan fingerprint density at radius 1 is 0.765 bits per heavy atom. The molecule has 1 heteroatoms. The Morgan fingerprint density at radius 2 is 1.47 bits per heavy atom. The van der Waals surface area contributed by atoms with E-state index in [4.69, 9.17) is 0 Å². The molecule has 0 saturated carbocycles. The second-order valence-corrected chi connectivity index (χ2v) is 9.07. The maximum atomic E-state index is 2.70. The zero-order valence-electron chi connectivity index (χ0n) is 11.2. The molecule has 96 valence electrons. The summed E-state index contributed by atoms with van der Waals surface area (Å²) in [6.07, 6.45) is 20.9. The molecule has 2 unspecified atom stereocenters. The van der Waals surface area contributed by atoms with Crippen LogP contribution in [0.15, 0.2) is 11.4 Å². The van der Waals surface area contributed by atoms with Gasteiger partial charge in [-0.05, 0) is 68.0 Å². The SMILES string of the molecule is C1=C(P2C3CCCCC2CC3)CCCCCC1. The molecule has 3 rings (SSSR count). The van der Waals surface area contributed by atoms with Crippen LogP contribution in [-0.2, 0) is 0 Å². The van der Waals surface area contributed by atoms with Crippen LogP contribution in [-0.4, -0.2) is 11.3 Å². The molecule has 2 saturated heterocycles. The van der Waals surface area contributed by atoms with E-state index in [1.165, 1.54) is 51.4 Å². The summed E-state index contributed by atoms with van der Waals surface area (Å²) < 4.78 is 0. The first-order chi connectivity index (χ1) is 8.45. The Kier molecular flexibility index (Phi) is 4.22. The van der Waals surface area contributed by atoms with Gasteiger partial charge in [-0.3, -0.25) is 0 Å². The van der Waals surface area contributed by atoms with Crippen molar-refractivity contribution < 1.29 is 0 Å². The zero-order valence-corrected chi connectivity index (χ0v) is 12.1. The van der Waals surface area contributed by atoms with Crippen LogP contribution >= 0.6 is 7.92 Å². The average molecular weight is 250 g/mol. The van der Waals surface area contributed by atoms with Crippen LogP contribution in [0, 0.1) is 0 Å². The second-order valence-electron chi connectivity index (χ2n) is 6.23. The number of rotatable bonds is 1. The first-order valence-corrected chi connectivity index (χ1v) is 9.40. The van der Waals surface area contributed by atoms with Crippen molar-refractivity contribution in [3.8, 4) is 0 Å². The topological polar surface area (TPSA) is 0 Å². The fourth-order valence-corrected chi connectivity index (χ4v) is 8.23. The summed E-state index contributed by atoms with van der Waals surface area (Å²) in [6.45, 7) is 0. The molecular formula is C16H27P. The van der Waals surface area contributed by atoms with E-state index >= 15 is 0 Å². The largest absolute Gasteiger partial charge is 0.0808 e. The molecule has 17 heavy (non-hydrogen) atoms. The second kappa shape index (κ2) is 5.87. The highest BCUT2D eigenvalue weighted by atomic mass is 31.1. The van der Waals surface area contributed by atoms with E-state index in [-0.39, 0.29) is 0 Å². The minimum atomic E-state index is 0.304. The van der Waals surface area contributed by atoms with Gasteiger partial charge in [-0.1, -0.05) is 39.7 Å². The molecule has 0 N–H and O–H groups in total. The van der Waals surface area contributed by atoms with Crippen LogP contribution in [0.4, 0.5) is 0 Å². The lowest BCUT2D eigenvalue weighted by Gasteiger charge is -2.27. The van der Waals surface area contributed by atoms with E-state index in [1.807, 2.05) is 5.31 Å². The Balaban J connectivity index is 1.76. The predicted molar refractivity (Wildman–Crippen MR) is 78.0 cm³/mol. The van der Waals surface area contributed by atoms with Gasteiger partial charge >= 0.3 is 0 Å². The molecular weight excluding hydrogens is 223 g/mol. The van der Waals surface area contributed by atoms with Gasteiger partial charge < -0.3 is 0 Å². The van der Waals surface area contributed by atoms with Gasteiger partial charge in [0.15, 0.2) is 0 Å². The number of hydrogen-bond acceptors (Lipinski definition) is 0. The van der Waals surface area contributed by atoms with E-state index in [9.17, 15) is 0 Å². The van der Waals surface area contributed by atoms with Crippen molar-refractivity contribution >= 4 is 7.92 Å². The standard InChI is InChI=1S/C16H27P/c1-2-4-8-14(9-5-3-1)17-15-10-6-7-11-16(17)13-12-15/h8,15-16H,1-7,9-13H2. The summed E-state index contributed by atoms with van der Waals surface area (Å²) in [5.41, 5.74) is 2.28. The van der Waals surface area contributed by atoms with Crippen molar-refractivity contribution in [1.29, 1.82) is 0 Å². The fourth-order valence-electron chi connectivity index (χ4n) is 4.17. The third-order valence-corrected chi connectivity index (χ3v) is 8.72. The molecule has 2 bridgehead atoms. The van der Waals surface area contributed by atoms with Crippen molar-refractivity contribution in [3.63, 3.8) is 0 Å². The van der Waals surface area contributed by atoms with E-state index in [0.29, 0.717) is 7.92 Å². The predicted octanol–water partition coefficient (Wildman–Crippen LogP) is 5.81. The third-order valence-electron chi connectivity index (χ3n) is 5.04. The Hall–Kier alpha value is 0.170. The molecule has 0 radical (unpaired) electrons. The fraction of sp³-hybridized carbons (Fsp3) is 0.875. The van der Waals surface area contributed by atoms with E-state index in [2.05, 4.69) is 6.08 Å². The number of allylic oxidation sites excluding steroid dienone is 2. The normalized spacial score (nSPS) is 39.1. The van der Waals surface area contributed by atoms with Crippen molar-refractivity contribution in [2.45, 2.75) is 88.4 Å². The lowest BCUT2D eigenvalue weighted by molar-refractivity contribution is 0.556. The molecule has 0 aromatic rings. The quantitative estimate of drug-likeness (QED) is 0.515. The first-order valence-electron chi connectivity index (χ1n) is 7.92. The number of hydrogen-bond donors (Lipinski definition) is 0. The van der Waals surface area contributed by atoms with Gasteiger partial charge in [0, 0.05) is 0 Å². The molecule has 0 spiro atoms. The van der Waals surface area contributed by atoms with Crippen LogP contribution < -0.4 is 0 Å². The summed E-state index contributed by atoms with van der Waals surface area (Å²) >= 11 is 0. The summed E-state index contributed by atoms with van der Waals surface area (Å²) in [5.74, 6) is 0. The minimum absolute atomic E-state index is 0.304. The molecule has 3 aliphatic rings. The molecule has 0 amide bonds. The summed E-state index contributed by atoms with van der Waals surface area (Å²) in [5, 5.41) is 1.97. The average Bonchev–Trinajstić information content (AvgIpc) is 2.52. The summed E-state index contributed by atoms with van der Waals surface area (Å²) in [4.78, 5) is 0. The Labute approximate surface area is 108 Å². The molecule has 1 aliphatic carbocycles. The van der Waals surface area contributed by atoms with Crippen molar-refractivity contribution in [3.05, 3.63) is 11.4 Å². The van der Waals surface area contributed by atoms with Gasteiger partial charge in [0.2, 0.25) is 0 Å². The highest BCUT2D eigenvalue weighted by Gasteiger charge is 2.38. The third kappa shape index (κ3) is 2.78. The van der Waals surface area contributed by atoms with Gasteiger partial charge in [0.1, 0.15) is 0 Å². The van der Waals surface area contributed by atoms with Gasteiger partial charge in [-0.25, -0.2) is 0 Å². The van der Waals surface area contributed by atoms with E-state index in [0.717, 1.165) is 11.3 Å². The molecule has 0 aromatic carbocycles. The van der Waals surface area contributed by atoms with Crippen molar-refractivity contribution in [2.24, 2.45) is 0 Å². The first kappa shape index (κ1) is 12.2. The van der Waals surface area contributed by atoms with Gasteiger partial charge in [-0.2, -0.15) is 0 Å². The van der Waals surface area contributed by atoms with Gasteiger partial charge in [0.05, 0.1) is 0 Å². The zero-order chi connectivity index (χ0) is 11.5. The summed E-state index contributed by atoms with van der Waals surface area (Å²) in [6, 6.07) is 0. The number of fused-ring (bicyclic) bond motifs is 2. The monoisotopic (exact) mass is 250 g/mol. The maximum Gasteiger partial charge on any atom is -0.0169 e. The maximum absolute atomic E-state index is 2.70. The highest BCUT2D eigenvalue weighted by Crippen LogP contribution is 2.66. The highest BCUT2D eigenvalue weighted by molar-refractivity contribution is 7.63. The van der Waals surface area contributed by atoms with E-state index < -0.39 is 0 Å². The molecule has 2 atom stereocenters. The molecule has 2 fully saturated rings. The smallest absolute Gasteiger partial charge is 0.0169 e. The summed E-state index contributed by atoms with van der Waals surface area (Å²) in [7, 11) is 0.304. The Bertz CT molecular complexity index is 267. The molecule has 0 nitrogen and oxygen atoms in total. The van der Waals surface area contributed by atoms with Crippen LogP contribution in [0.3, 0.4) is 0 Å². The van der Waals surface area contributed by atoms with Crippen LogP contribution in [0.25, 0.3) is 0 Å². The molecule has 0 aromatic heterocycles. The van der Waals surface area contributed by atoms with Gasteiger partial charge in [0.25, 0.3) is 0 Å². The van der Waals surface area contributed by atoms with Crippen LogP contribution in [0.5, 0.6) is 0 Å². The van der Waals surface area contributed by atoms with Crippen LogP contribution in [0.2, 0.25) is 0 Å². The van der Waals surface area contributed by atoms with E-state index in [1.54, 1.807) is 25.7 Å². The molecule has 2 aliphatic heterocycles. The lowest BCUT2D eigenvalue weighted by Crippen LogP contribution is -2.03. The van der Waals surface area contributed by atoms with Gasteiger partial charge in [-0.15, -0.1) is 0 Å².